The van der Waals surface area contributed by atoms with Crippen LogP contribution >= 0.6 is 11.6 Å². The van der Waals surface area contributed by atoms with E-state index >= 15 is 0 Å². The van der Waals surface area contributed by atoms with Crippen molar-refractivity contribution < 1.29 is 45.0 Å². The molecule has 0 unspecified atom stereocenters. The van der Waals surface area contributed by atoms with Crippen molar-refractivity contribution in [3.8, 4) is 5.75 Å². The molecule has 0 saturated carbocycles. The average molecular weight is 369 g/mol. The van der Waals surface area contributed by atoms with Gasteiger partial charge in [0.25, 0.3) is 5.78 Å². The van der Waals surface area contributed by atoms with Crippen LogP contribution < -0.4 is 4.74 Å². The van der Waals surface area contributed by atoms with E-state index in [1.165, 1.54) is 0 Å². The number of alkyl halides is 7. The lowest BCUT2D eigenvalue weighted by Gasteiger charge is -2.17. The van der Waals surface area contributed by atoms with Crippen molar-refractivity contribution >= 4 is 17.4 Å². The molecule has 23 heavy (non-hydrogen) atoms. The summed E-state index contributed by atoms with van der Waals surface area (Å²) in [5.74, 6) is -2.49. The fourth-order valence-corrected chi connectivity index (χ4v) is 1.63. The lowest BCUT2D eigenvalue weighted by atomic mass is 10.1. The molecule has 0 atom stereocenters. The van der Waals surface area contributed by atoms with Gasteiger partial charge in [-0.15, -0.1) is 0 Å². The largest absolute Gasteiger partial charge is 0.435 e. The number of hydrogen-bond acceptors (Lipinski definition) is 3. The Morgan fingerprint density at radius 1 is 1.17 bits per heavy atom. The van der Waals surface area contributed by atoms with Crippen molar-refractivity contribution in [2.45, 2.75) is 25.3 Å². The summed E-state index contributed by atoms with van der Waals surface area (Å²) in [5.41, 5.74) is -0.815. The molecular weight excluding hydrogens is 361 g/mol. The molecule has 0 N–H and O–H groups in total. The average Bonchev–Trinajstić information content (AvgIpc) is 2.35. The first-order valence-electron chi connectivity index (χ1n) is 5.80. The quantitative estimate of drug-likeness (QED) is 0.517. The van der Waals surface area contributed by atoms with Gasteiger partial charge in [0.1, 0.15) is 5.75 Å². The van der Waals surface area contributed by atoms with Gasteiger partial charge in [-0.05, 0) is 18.2 Å². The molecule has 1 aromatic carbocycles. The maximum Gasteiger partial charge on any atom is 0.420 e. The molecule has 0 radical (unpaired) electrons. The molecule has 0 aliphatic heterocycles. The number of hydrogen-bond donors (Lipinski definition) is 0. The molecule has 3 nitrogen and oxygen atoms in total. The van der Waals surface area contributed by atoms with Gasteiger partial charge in [-0.3, -0.25) is 4.79 Å². The molecule has 130 valence electrons. The maximum absolute atomic E-state index is 13.4. The zero-order chi connectivity index (χ0) is 17.8. The highest BCUT2D eigenvalue weighted by molar-refractivity contribution is 6.34. The smallest absolute Gasteiger partial charge is 0.420 e. The van der Waals surface area contributed by atoms with Gasteiger partial charge in [0.05, 0.1) is 18.1 Å². The van der Waals surface area contributed by atoms with Crippen molar-refractivity contribution in [2.75, 3.05) is 6.61 Å². The second-order valence-electron chi connectivity index (χ2n) is 4.08. The summed E-state index contributed by atoms with van der Waals surface area (Å²) >= 11 is 5.51. The van der Waals surface area contributed by atoms with Crippen LogP contribution in [0.4, 0.5) is 30.7 Å². The van der Waals surface area contributed by atoms with E-state index in [1.807, 2.05) is 0 Å². The van der Waals surface area contributed by atoms with E-state index in [4.69, 9.17) is 11.6 Å². The monoisotopic (exact) mass is 368 g/mol. The first-order valence-corrected chi connectivity index (χ1v) is 6.18. The third kappa shape index (κ3) is 6.22. The van der Waals surface area contributed by atoms with Crippen LogP contribution in [0, 0.1) is 0 Å². The number of ketones is 1. The molecule has 11 heteroatoms. The van der Waals surface area contributed by atoms with Crippen molar-refractivity contribution in [1.29, 1.82) is 0 Å². The number of carbonyl (C=O) groups excluding carboxylic acids is 1. The van der Waals surface area contributed by atoms with Gasteiger partial charge < -0.3 is 9.47 Å². The molecule has 0 saturated heterocycles. The highest BCUT2D eigenvalue weighted by Crippen LogP contribution is 2.30. The summed E-state index contributed by atoms with van der Waals surface area (Å²) in [6, 6.07) is 2.13. The van der Waals surface area contributed by atoms with Gasteiger partial charge >= 0.3 is 18.9 Å². The molecule has 0 fully saturated rings. The standard InChI is InChI=1S/C12H8ClF7O3/c13-8-5-6(23-10(14)15)1-2-7(8)9(21)12(19,20)22-4-3-11(16,17)18/h1-2,5,10H,3-4H2. The molecule has 1 aromatic rings. The molecule has 0 heterocycles. The van der Waals surface area contributed by atoms with Gasteiger partial charge in [-0.1, -0.05) is 11.6 Å². The van der Waals surface area contributed by atoms with Gasteiger partial charge in [0.2, 0.25) is 0 Å². The Kier molecular flexibility index (Phi) is 6.23. The van der Waals surface area contributed by atoms with Crippen LogP contribution in [0.5, 0.6) is 5.75 Å². The third-order valence-corrected chi connectivity index (χ3v) is 2.66. The van der Waals surface area contributed by atoms with Crippen LogP contribution in [0.15, 0.2) is 18.2 Å². The van der Waals surface area contributed by atoms with E-state index < -0.39 is 54.0 Å². The highest BCUT2D eigenvalue weighted by Gasteiger charge is 2.43. The minimum Gasteiger partial charge on any atom is -0.435 e. The van der Waals surface area contributed by atoms with E-state index in [1.54, 1.807) is 0 Å². The minimum absolute atomic E-state index is 0.483. The van der Waals surface area contributed by atoms with Crippen molar-refractivity contribution in [3.63, 3.8) is 0 Å². The molecule has 0 aromatic heterocycles. The Morgan fingerprint density at radius 3 is 2.26 bits per heavy atom. The first-order chi connectivity index (χ1) is 10.4. The van der Waals surface area contributed by atoms with Crippen LogP contribution in [-0.2, 0) is 4.74 Å². The normalized spacial score (nSPS) is 12.6. The van der Waals surface area contributed by atoms with E-state index in [0.29, 0.717) is 12.1 Å². The second-order valence-corrected chi connectivity index (χ2v) is 4.49. The Hall–Kier alpha value is -1.55. The number of benzene rings is 1. The SMILES string of the molecule is O=C(c1ccc(OC(F)F)cc1Cl)C(F)(F)OCCC(F)(F)F. The third-order valence-electron chi connectivity index (χ3n) is 2.34. The van der Waals surface area contributed by atoms with Crippen LogP contribution in [-0.4, -0.2) is 31.3 Å². The summed E-state index contributed by atoms with van der Waals surface area (Å²) in [7, 11) is 0. The lowest BCUT2D eigenvalue weighted by molar-refractivity contribution is -0.218. The van der Waals surface area contributed by atoms with E-state index in [9.17, 15) is 35.5 Å². The van der Waals surface area contributed by atoms with E-state index in [0.717, 1.165) is 6.07 Å². The Bertz CT molecular complexity index is 560. The molecule has 1 rings (SSSR count). The lowest BCUT2D eigenvalue weighted by Crippen LogP contribution is -2.33. The van der Waals surface area contributed by atoms with Crippen molar-refractivity contribution in [1.82, 2.24) is 0 Å². The van der Waals surface area contributed by atoms with Gasteiger partial charge in [0, 0.05) is 5.56 Å². The maximum atomic E-state index is 13.4. The van der Waals surface area contributed by atoms with E-state index in [2.05, 4.69) is 9.47 Å². The van der Waals surface area contributed by atoms with Crippen LogP contribution in [0.25, 0.3) is 0 Å². The van der Waals surface area contributed by atoms with Crippen molar-refractivity contribution in [3.05, 3.63) is 28.8 Å². The molecular formula is C12H8ClF7O3. The summed E-state index contributed by atoms with van der Waals surface area (Å²) in [6.07, 6.45) is -11.0. The van der Waals surface area contributed by atoms with Crippen LogP contribution in [0.2, 0.25) is 5.02 Å². The second kappa shape index (κ2) is 7.35. The number of halogens is 8. The number of rotatable bonds is 7. The topological polar surface area (TPSA) is 35.5 Å². The van der Waals surface area contributed by atoms with Gasteiger partial charge in [-0.2, -0.15) is 30.7 Å². The summed E-state index contributed by atoms with van der Waals surface area (Å²) < 4.78 is 94.0. The summed E-state index contributed by atoms with van der Waals surface area (Å²) in [4.78, 5) is 11.5. The Labute approximate surface area is 129 Å². The number of Topliss-reactive ketones (excluding diaryl/α,β-unsaturated/α-hetero) is 1. The predicted octanol–water partition coefficient (Wildman–Crippen LogP) is 4.69. The zero-order valence-electron chi connectivity index (χ0n) is 11.0. The van der Waals surface area contributed by atoms with Crippen molar-refractivity contribution in [2.24, 2.45) is 0 Å². The van der Waals surface area contributed by atoms with Gasteiger partial charge in [-0.25, -0.2) is 0 Å². The van der Waals surface area contributed by atoms with Crippen LogP contribution in [0.1, 0.15) is 16.8 Å². The summed E-state index contributed by atoms with van der Waals surface area (Å²) in [5, 5.41) is -0.646. The molecule has 0 aliphatic rings. The number of ether oxygens (including phenoxy) is 2. The Balaban J connectivity index is 2.82. The highest BCUT2D eigenvalue weighted by atomic mass is 35.5. The molecule has 0 bridgehead atoms. The summed E-state index contributed by atoms with van der Waals surface area (Å²) in [6.45, 7) is -4.63. The van der Waals surface area contributed by atoms with Gasteiger partial charge in [0.15, 0.2) is 0 Å². The fourth-order valence-electron chi connectivity index (χ4n) is 1.37. The zero-order valence-corrected chi connectivity index (χ0v) is 11.7. The van der Waals surface area contributed by atoms with Crippen LogP contribution in [0.3, 0.4) is 0 Å². The minimum atomic E-state index is -4.73. The fraction of sp³-hybridized carbons (Fsp3) is 0.417. The molecule has 0 spiro atoms. The molecule has 0 amide bonds. The Morgan fingerprint density at radius 2 is 1.78 bits per heavy atom. The molecule has 0 aliphatic carbocycles. The first kappa shape index (κ1) is 19.5. The van der Waals surface area contributed by atoms with E-state index in [-0.39, 0.29) is 0 Å². The predicted molar refractivity (Wildman–Crippen MR) is 64.0 cm³/mol. The number of carbonyl (C=O) groups is 1.